The Morgan fingerprint density at radius 2 is 1.77 bits per heavy atom. The molecule has 1 heterocycles. The molecule has 1 saturated heterocycles. The number of methoxy groups -OCH3 is 2. The van der Waals surface area contributed by atoms with Crippen molar-refractivity contribution < 1.29 is 23.7 Å². The van der Waals surface area contributed by atoms with Crippen molar-refractivity contribution in [1.29, 1.82) is 0 Å². The summed E-state index contributed by atoms with van der Waals surface area (Å²) in [5.41, 5.74) is 0.717. The minimum absolute atomic E-state index is 0.225. The van der Waals surface area contributed by atoms with Gasteiger partial charge in [-0.15, -0.1) is 0 Å². The van der Waals surface area contributed by atoms with Crippen LogP contribution in [-0.4, -0.2) is 37.7 Å². The van der Waals surface area contributed by atoms with E-state index in [9.17, 15) is 4.79 Å². The van der Waals surface area contributed by atoms with Crippen molar-refractivity contribution in [3.05, 3.63) is 51.9 Å². The first-order valence-corrected chi connectivity index (χ1v) is 10.6. The Hall–Kier alpha value is -2.42. The van der Waals surface area contributed by atoms with E-state index >= 15 is 0 Å². The quantitative estimate of drug-likeness (QED) is 0.327. The van der Waals surface area contributed by atoms with Gasteiger partial charge < -0.3 is 24.3 Å². The molecule has 0 aromatic heterocycles. The zero-order valence-electron chi connectivity index (χ0n) is 16.4. The average Bonchev–Trinajstić information content (AvgIpc) is 3.05. The number of benzene rings is 2. The number of carbonyl (C=O) groups is 1. The van der Waals surface area contributed by atoms with Crippen molar-refractivity contribution in [1.82, 2.24) is 5.32 Å². The summed E-state index contributed by atoms with van der Waals surface area (Å²) in [6.45, 7) is 0.891. The van der Waals surface area contributed by atoms with E-state index in [1.807, 2.05) is 24.3 Å². The zero-order chi connectivity index (χ0) is 21.5. The van der Waals surface area contributed by atoms with E-state index in [0.29, 0.717) is 45.4 Å². The number of carbonyl (C=O) groups excluding carboxylic acids is 1. The fraction of sp³-hybridized carbons (Fsp3) is 0.238. The van der Waals surface area contributed by atoms with Crippen molar-refractivity contribution in [2.45, 2.75) is 6.42 Å². The molecule has 6 nitrogen and oxygen atoms in total. The summed E-state index contributed by atoms with van der Waals surface area (Å²) in [5.74, 6) is 2.25. The van der Waals surface area contributed by atoms with Crippen LogP contribution < -0.4 is 24.3 Å². The number of rotatable bonds is 9. The number of hydrogen-bond acceptors (Lipinski definition) is 7. The fourth-order valence-electron chi connectivity index (χ4n) is 2.63. The smallest absolute Gasteiger partial charge is 0.263 e. The van der Waals surface area contributed by atoms with Crippen LogP contribution in [0.25, 0.3) is 6.08 Å². The zero-order valence-corrected chi connectivity index (χ0v) is 18.8. The minimum atomic E-state index is -0.225. The number of amides is 1. The molecule has 3 rings (SSSR count). The third kappa shape index (κ3) is 5.81. The van der Waals surface area contributed by atoms with Crippen LogP contribution in [0, 0.1) is 0 Å². The van der Waals surface area contributed by atoms with E-state index in [0.717, 1.165) is 17.1 Å². The Morgan fingerprint density at radius 3 is 2.40 bits per heavy atom. The highest BCUT2D eigenvalue weighted by atomic mass is 35.5. The molecule has 1 N–H and O–H groups in total. The predicted octanol–water partition coefficient (Wildman–Crippen LogP) is 4.69. The lowest BCUT2D eigenvalue weighted by atomic mass is 10.2. The summed E-state index contributed by atoms with van der Waals surface area (Å²) in [4.78, 5) is 12.3. The molecule has 0 unspecified atom stereocenters. The first-order valence-electron chi connectivity index (χ1n) is 9.02. The molecule has 1 aliphatic heterocycles. The van der Waals surface area contributed by atoms with Gasteiger partial charge in [-0.25, -0.2) is 0 Å². The Balaban J connectivity index is 1.57. The normalized spacial score (nSPS) is 14.6. The van der Waals surface area contributed by atoms with Gasteiger partial charge in [-0.3, -0.25) is 4.79 Å². The van der Waals surface area contributed by atoms with Gasteiger partial charge in [0.1, 0.15) is 15.8 Å². The first kappa shape index (κ1) is 22.3. The number of nitrogens with one attached hydrogen (secondary N) is 1. The van der Waals surface area contributed by atoms with Crippen LogP contribution in [0.3, 0.4) is 0 Å². The van der Waals surface area contributed by atoms with E-state index < -0.39 is 0 Å². The van der Waals surface area contributed by atoms with Crippen LogP contribution in [0.2, 0.25) is 5.02 Å². The number of thiocarbonyl (C=S) groups is 1. The van der Waals surface area contributed by atoms with Gasteiger partial charge >= 0.3 is 0 Å². The molecule has 1 amide bonds. The van der Waals surface area contributed by atoms with E-state index in [-0.39, 0.29) is 5.91 Å². The highest BCUT2D eigenvalue weighted by Crippen LogP contribution is 2.38. The van der Waals surface area contributed by atoms with Crippen LogP contribution in [-0.2, 0) is 4.79 Å². The van der Waals surface area contributed by atoms with E-state index in [4.69, 9.17) is 42.8 Å². The molecule has 0 atom stereocenters. The molecule has 0 saturated carbocycles. The summed E-state index contributed by atoms with van der Waals surface area (Å²) in [5, 5.41) is 2.97. The van der Waals surface area contributed by atoms with Gasteiger partial charge in [0, 0.05) is 6.42 Å². The molecule has 2 aromatic rings. The van der Waals surface area contributed by atoms with Gasteiger partial charge in [0.2, 0.25) is 0 Å². The highest BCUT2D eigenvalue weighted by molar-refractivity contribution is 8.26. The summed E-state index contributed by atoms with van der Waals surface area (Å²) in [6, 6.07) is 10.9. The van der Waals surface area contributed by atoms with Gasteiger partial charge in [0.05, 0.1) is 37.4 Å². The fourth-order valence-corrected chi connectivity index (χ4v) is 3.95. The van der Waals surface area contributed by atoms with Crippen LogP contribution >= 0.6 is 35.6 Å². The average molecular weight is 466 g/mol. The van der Waals surface area contributed by atoms with Crippen molar-refractivity contribution >= 4 is 51.9 Å². The summed E-state index contributed by atoms with van der Waals surface area (Å²) in [6.07, 6.45) is 2.37. The summed E-state index contributed by atoms with van der Waals surface area (Å²) in [7, 11) is 3.16. The third-order valence-electron chi connectivity index (χ3n) is 4.05. The van der Waals surface area contributed by atoms with Crippen molar-refractivity contribution in [3.8, 4) is 23.0 Å². The molecular weight excluding hydrogens is 446 g/mol. The molecule has 0 radical (unpaired) electrons. The Labute approximate surface area is 189 Å². The molecule has 0 bridgehead atoms. The van der Waals surface area contributed by atoms with Crippen molar-refractivity contribution in [3.63, 3.8) is 0 Å². The molecule has 9 heteroatoms. The second-order valence-electron chi connectivity index (χ2n) is 6.11. The van der Waals surface area contributed by atoms with Crippen LogP contribution in [0.15, 0.2) is 41.3 Å². The number of ether oxygens (including phenoxy) is 4. The number of hydrogen-bond donors (Lipinski definition) is 1. The lowest BCUT2D eigenvalue weighted by molar-refractivity contribution is -0.115. The minimum Gasteiger partial charge on any atom is -0.497 e. The monoisotopic (exact) mass is 465 g/mol. The maximum absolute atomic E-state index is 11.8. The van der Waals surface area contributed by atoms with Gasteiger partial charge in [-0.2, -0.15) is 0 Å². The van der Waals surface area contributed by atoms with Gasteiger partial charge in [0.25, 0.3) is 5.91 Å². The van der Waals surface area contributed by atoms with Gasteiger partial charge in [-0.05, 0) is 48.0 Å². The molecule has 0 spiro atoms. The molecule has 1 fully saturated rings. The molecule has 30 heavy (non-hydrogen) atoms. The molecular formula is C21H20ClNO5S2. The highest BCUT2D eigenvalue weighted by Gasteiger charge is 2.22. The second kappa shape index (κ2) is 10.6. The van der Waals surface area contributed by atoms with E-state index in [1.54, 1.807) is 25.3 Å². The largest absolute Gasteiger partial charge is 0.497 e. The van der Waals surface area contributed by atoms with Crippen LogP contribution in [0.1, 0.15) is 12.0 Å². The number of halogens is 1. The Kier molecular flexibility index (Phi) is 7.84. The molecule has 2 aromatic carbocycles. The van der Waals surface area contributed by atoms with Gasteiger partial charge in [-0.1, -0.05) is 35.6 Å². The number of thioether (sulfide) groups is 1. The standard InChI is InChI=1S/C21H20ClNO5S2/c1-25-14-4-6-15(7-5-14)27-8-3-9-28-19-16(22)10-13(11-17(19)26-2)12-18-20(24)23-21(29)30-18/h4-7,10-12H,3,8-9H2,1-2H3,(H,23,24,29)/b18-12-. The van der Waals surface area contributed by atoms with E-state index in [1.165, 1.54) is 18.9 Å². The first-order chi connectivity index (χ1) is 14.5. The molecule has 0 aliphatic carbocycles. The maximum Gasteiger partial charge on any atom is 0.263 e. The SMILES string of the molecule is COc1ccc(OCCCOc2c(Cl)cc(/C=C3\SC(=S)NC3=O)cc2OC)cc1. The summed E-state index contributed by atoms with van der Waals surface area (Å²) < 4.78 is 22.5. The Morgan fingerprint density at radius 1 is 1.07 bits per heavy atom. The van der Waals surface area contributed by atoms with Crippen molar-refractivity contribution in [2.24, 2.45) is 0 Å². The second-order valence-corrected chi connectivity index (χ2v) is 8.24. The lowest BCUT2D eigenvalue weighted by Crippen LogP contribution is -2.17. The van der Waals surface area contributed by atoms with Gasteiger partial charge in [0.15, 0.2) is 11.5 Å². The predicted molar refractivity (Wildman–Crippen MR) is 123 cm³/mol. The van der Waals surface area contributed by atoms with Crippen LogP contribution in [0.5, 0.6) is 23.0 Å². The van der Waals surface area contributed by atoms with E-state index in [2.05, 4.69) is 5.32 Å². The molecule has 1 aliphatic rings. The maximum atomic E-state index is 11.8. The third-order valence-corrected chi connectivity index (χ3v) is 5.50. The Bertz CT molecular complexity index is 963. The topological polar surface area (TPSA) is 66.0 Å². The summed E-state index contributed by atoms with van der Waals surface area (Å²) >= 11 is 12.6. The van der Waals surface area contributed by atoms with Crippen molar-refractivity contribution in [2.75, 3.05) is 27.4 Å². The lowest BCUT2D eigenvalue weighted by Gasteiger charge is -2.14. The van der Waals surface area contributed by atoms with Crippen LogP contribution in [0.4, 0.5) is 0 Å². The molecule has 158 valence electrons.